The second-order valence-corrected chi connectivity index (χ2v) is 4.24. The number of oxime groups is 1. The zero-order chi connectivity index (χ0) is 13.1. The molecule has 0 saturated heterocycles. The van der Waals surface area contributed by atoms with E-state index in [2.05, 4.69) is 10.1 Å². The third-order valence-electron chi connectivity index (χ3n) is 1.76. The molecule has 0 spiro atoms. The summed E-state index contributed by atoms with van der Waals surface area (Å²) < 4.78 is 0. The molecule has 0 aliphatic carbocycles. The summed E-state index contributed by atoms with van der Waals surface area (Å²) >= 11 is 1.20. The van der Waals surface area contributed by atoms with Gasteiger partial charge >= 0.3 is 11.9 Å². The molecule has 0 bridgehead atoms. The summed E-state index contributed by atoms with van der Waals surface area (Å²) in [4.78, 5) is 30.1. The molecule has 1 heterocycles. The zero-order valence-electron chi connectivity index (χ0n) is 9.08. The Bertz CT molecular complexity index is 452. The van der Waals surface area contributed by atoms with Gasteiger partial charge < -0.3 is 15.1 Å². The van der Waals surface area contributed by atoms with Gasteiger partial charge in [-0.1, -0.05) is 5.16 Å². The fraction of sp³-hybridized carbons (Fsp3) is 0.333. The average Bonchev–Trinajstić information content (AvgIpc) is 2.70. The number of carbonyl (C=O) groups is 2. The normalized spacial score (nSPS) is 12.2. The molecule has 8 heteroatoms. The van der Waals surface area contributed by atoms with Gasteiger partial charge in [-0.25, -0.2) is 14.6 Å². The smallest absolute Gasteiger partial charge is 0.360 e. The lowest BCUT2D eigenvalue weighted by Crippen LogP contribution is -2.33. The summed E-state index contributed by atoms with van der Waals surface area (Å²) in [6.07, 6.45) is 0. The Morgan fingerprint density at radius 3 is 2.53 bits per heavy atom. The fourth-order valence-corrected chi connectivity index (χ4v) is 1.26. The first-order chi connectivity index (χ1) is 7.84. The highest BCUT2D eigenvalue weighted by Crippen LogP contribution is 2.11. The van der Waals surface area contributed by atoms with Crippen LogP contribution in [0.4, 0.5) is 0 Å². The number of hydrogen-bond donors (Lipinski definition) is 2. The number of nitrogens with zero attached hydrogens (tertiary/aromatic N) is 2. The Kier molecular flexibility index (Phi) is 3.79. The molecular formula is C9H10N2O5S. The van der Waals surface area contributed by atoms with Crippen LogP contribution in [0, 0.1) is 0 Å². The molecule has 2 N–H and O–H groups in total. The second-order valence-electron chi connectivity index (χ2n) is 3.53. The summed E-state index contributed by atoms with van der Waals surface area (Å²) in [5, 5.41) is 22.5. The molecule has 1 rings (SSSR count). The SMILES string of the molecule is CC(C)(ON=C(C(=O)O)c1cscn1)C(=O)O. The lowest BCUT2D eigenvalue weighted by Gasteiger charge is -2.16. The van der Waals surface area contributed by atoms with Gasteiger partial charge in [-0.3, -0.25) is 0 Å². The van der Waals surface area contributed by atoms with Crippen LogP contribution in [-0.4, -0.2) is 38.4 Å². The Balaban J connectivity index is 2.94. The summed E-state index contributed by atoms with van der Waals surface area (Å²) in [5.41, 5.74) is -0.461. The van der Waals surface area contributed by atoms with Crippen molar-refractivity contribution in [2.75, 3.05) is 0 Å². The number of rotatable bonds is 5. The van der Waals surface area contributed by atoms with E-state index in [-0.39, 0.29) is 5.69 Å². The lowest BCUT2D eigenvalue weighted by atomic mass is 10.1. The monoisotopic (exact) mass is 258 g/mol. The van der Waals surface area contributed by atoms with Crippen molar-refractivity contribution in [2.45, 2.75) is 19.4 Å². The van der Waals surface area contributed by atoms with E-state index in [0.29, 0.717) is 0 Å². The Morgan fingerprint density at radius 2 is 2.12 bits per heavy atom. The largest absolute Gasteiger partial charge is 0.478 e. The van der Waals surface area contributed by atoms with E-state index in [0.717, 1.165) is 0 Å². The van der Waals surface area contributed by atoms with E-state index in [1.807, 2.05) is 0 Å². The number of aromatic nitrogens is 1. The molecule has 0 saturated carbocycles. The van der Waals surface area contributed by atoms with E-state index < -0.39 is 23.3 Å². The number of hydrogen-bond acceptors (Lipinski definition) is 6. The van der Waals surface area contributed by atoms with E-state index >= 15 is 0 Å². The number of thiazole rings is 1. The highest BCUT2D eigenvalue weighted by molar-refractivity contribution is 7.07. The minimum absolute atomic E-state index is 0.128. The van der Waals surface area contributed by atoms with Gasteiger partial charge in [0.05, 0.1) is 5.51 Å². The van der Waals surface area contributed by atoms with Crippen molar-refractivity contribution in [1.82, 2.24) is 4.98 Å². The molecule has 1 aromatic rings. The molecule has 0 unspecified atom stereocenters. The van der Waals surface area contributed by atoms with Crippen LogP contribution in [0.3, 0.4) is 0 Å². The number of aliphatic carboxylic acids is 2. The van der Waals surface area contributed by atoms with Crippen molar-refractivity contribution in [3.8, 4) is 0 Å². The molecule has 0 aromatic carbocycles. The summed E-state index contributed by atoms with van der Waals surface area (Å²) in [6.45, 7) is 2.53. The molecule has 0 aliphatic rings. The number of carboxylic acids is 2. The highest BCUT2D eigenvalue weighted by Gasteiger charge is 2.30. The fourth-order valence-electron chi connectivity index (χ4n) is 0.724. The highest BCUT2D eigenvalue weighted by atomic mass is 32.1. The molecule has 7 nitrogen and oxygen atoms in total. The maximum absolute atomic E-state index is 10.9. The number of carboxylic acid groups (broad SMARTS) is 2. The van der Waals surface area contributed by atoms with Gasteiger partial charge in [0.15, 0.2) is 0 Å². The van der Waals surface area contributed by atoms with Crippen LogP contribution in [-0.2, 0) is 14.4 Å². The van der Waals surface area contributed by atoms with Gasteiger partial charge in [0, 0.05) is 5.38 Å². The first-order valence-electron chi connectivity index (χ1n) is 4.46. The second kappa shape index (κ2) is 4.91. The Labute approximate surface area is 100 Å². The summed E-state index contributed by atoms with van der Waals surface area (Å²) in [6, 6.07) is 0. The van der Waals surface area contributed by atoms with Gasteiger partial charge in [0.25, 0.3) is 0 Å². The molecule has 1 aromatic heterocycles. The van der Waals surface area contributed by atoms with Crippen LogP contribution in [0.15, 0.2) is 16.0 Å². The van der Waals surface area contributed by atoms with Crippen LogP contribution in [0.2, 0.25) is 0 Å². The van der Waals surface area contributed by atoms with Gasteiger partial charge in [-0.05, 0) is 13.8 Å². The molecule has 0 aliphatic heterocycles. The van der Waals surface area contributed by atoms with Crippen molar-refractivity contribution < 1.29 is 24.6 Å². The van der Waals surface area contributed by atoms with Crippen molar-refractivity contribution >= 4 is 29.0 Å². The van der Waals surface area contributed by atoms with Crippen LogP contribution < -0.4 is 0 Å². The van der Waals surface area contributed by atoms with Crippen LogP contribution >= 0.6 is 11.3 Å². The maximum atomic E-state index is 10.9. The van der Waals surface area contributed by atoms with Crippen molar-refractivity contribution in [1.29, 1.82) is 0 Å². The zero-order valence-corrected chi connectivity index (χ0v) is 9.89. The molecule has 0 atom stereocenters. The minimum atomic E-state index is -1.60. The summed E-state index contributed by atoms with van der Waals surface area (Å²) in [5.74, 6) is -2.58. The van der Waals surface area contributed by atoms with Crippen molar-refractivity contribution in [2.24, 2.45) is 5.16 Å². The quantitative estimate of drug-likeness (QED) is 0.597. The third kappa shape index (κ3) is 3.25. The molecule has 0 fully saturated rings. The van der Waals surface area contributed by atoms with Crippen LogP contribution in [0.1, 0.15) is 19.5 Å². The predicted octanol–water partition coefficient (Wildman–Crippen LogP) is 0.812. The molecular weight excluding hydrogens is 248 g/mol. The van der Waals surface area contributed by atoms with Gasteiger partial charge in [-0.15, -0.1) is 11.3 Å². The maximum Gasteiger partial charge on any atom is 0.360 e. The first kappa shape index (κ1) is 13.1. The topological polar surface area (TPSA) is 109 Å². The van der Waals surface area contributed by atoms with E-state index in [1.165, 1.54) is 36.1 Å². The van der Waals surface area contributed by atoms with Gasteiger partial charge in [0.1, 0.15) is 5.69 Å². The van der Waals surface area contributed by atoms with E-state index in [9.17, 15) is 9.59 Å². The van der Waals surface area contributed by atoms with Crippen LogP contribution in [0.25, 0.3) is 0 Å². The van der Waals surface area contributed by atoms with Crippen molar-refractivity contribution in [3.05, 3.63) is 16.6 Å². The Hall–Kier alpha value is -1.96. The predicted molar refractivity (Wildman–Crippen MR) is 59.1 cm³/mol. The average molecular weight is 258 g/mol. The molecule has 0 amide bonds. The standard InChI is InChI=1S/C9H10N2O5S/c1-9(2,8(14)15)16-11-6(7(12)13)5-3-17-4-10-5/h3-4H,1-2H3,(H,12,13)(H,14,15). The molecule has 0 radical (unpaired) electrons. The van der Waals surface area contributed by atoms with Gasteiger partial charge in [0.2, 0.25) is 11.3 Å². The lowest BCUT2D eigenvalue weighted by molar-refractivity contribution is -0.161. The minimum Gasteiger partial charge on any atom is -0.478 e. The van der Waals surface area contributed by atoms with E-state index in [1.54, 1.807) is 0 Å². The summed E-state index contributed by atoms with van der Waals surface area (Å²) in [7, 11) is 0. The first-order valence-corrected chi connectivity index (χ1v) is 5.40. The third-order valence-corrected chi connectivity index (χ3v) is 2.34. The van der Waals surface area contributed by atoms with Gasteiger partial charge in [-0.2, -0.15) is 0 Å². The van der Waals surface area contributed by atoms with Crippen LogP contribution in [0.5, 0.6) is 0 Å². The van der Waals surface area contributed by atoms with E-state index in [4.69, 9.17) is 15.1 Å². The Morgan fingerprint density at radius 1 is 1.47 bits per heavy atom. The molecule has 92 valence electrons. The van der Waals surface area contributed by atoms with Crippen molar-refractivity contribution in [3.63, 3.8) is 0 Å². The molecule has 17 heavy (non-hydrogen) atoms.